The molecule has 2 rings (SSSR count). The monoisotopic (exact) mass is 728 g/mol. The van der Waals surface area contributed by atoms with E-state index in [0.717, 1.165) is 22.3 Å². The van der Waals surface area contributed by atoms with E-state index in [2.05, 4.69) is 79.7 Å². The molecule has 2 N–H and O–H groups in total. The molecule has 0 aromatic heterocycles. The van der Waals surface area contributed by atoms with Crippen LogP contribution in [0, 0.1) is 13.8 Å². The normalized spacial score (nSPS) is 12.1. The van der Waals surface area contributed by atoms with Crippen molar-refractivity contribution in [3.8, 4) is 11.5 Å². The first-order valence-electron chi connectivity index (χ1n) is 14.1. The molecule has 2 aromatic carbocycles. The van der Waals surface area contributed by atoms with Crippen LogP contribution in [0.2, 0.25) is 3.21 Å². The Morgan fingerprint density at radius 2 is 0.930 bits per heavy atom. The summed E-state index contributed by atoms with van der Waals surface area (Å²) in [5, 5.41) is 17.9. The maximum atomic E-state index is 12.4. The summed E-state index contributed by atoms with van der Waals surface area (Å²) in [6.45, 7) is 20.7. The van der Waals surface area contributed by atoms with Gasteiger partial charge in [-0.05, 0) is 0 Å². The molecule has 0 saturated carbocycles. The van der Waals surface area contributed by atoms with Gasteiger partial charge in [0.1, 0.15) is 0 Å². The molecule has 43 heavy (non-hydrogen) atoms. The summed E-state index contributed by atoms with van der Waals surface area (Å²) >= 11 is 0.114. The van der Waals surface area contributed by atoms with E-state index in [0.29, 0.717) is 11.5 Å². The van der Waals surface area contributed by atoms with Crippen molar-refractivity contribution in [2.24, 2.45) is 0 Å². The van der Waals surface area contributed by atoms with Gasteiger partial charge in [-0.3, -0.25) is 0 Å². The van der Waals surface area contributed by atoms with Gasteiger partial charge in [0.15, 0.2) is 0 Å². The van der Waals surface area contributed by atoms with Crippen molar-refractivity contribution in [2.45, 2.75) is 109 Å². The quantitative estimate of drug-likeness (QED) is 0.179. The summed E-state index contributed by atoms with van der Waals surface area (Å²) < 4.78 is 13.7. The van der Waals surface area contributed by atoms with Gasteiger partial charge < -0.3 is 0 Å². The number of hydrogen-bond donors (Lipinski definition) is 2. The van der Waals surface area contributed by atoms with Crippen molar-refractivity contribution in [1.29, 1.82) is 0 Å². The number of hydrogen-bond acceptors (Lipinski definition) is 6. The van der Waals surface area contributed by atoms with Gasteiger partial charge in [-0.2, -0.15) is 0 Å². The minimum absolute atomic E-state index is 0.0391. The molecule has 0 aliphatic carbocycles. The van der Waals surface area contributed by atoms with E-state index in [4.69, 9.17) is 19.7 Å². The van der Waals surface area contributed by atoms with Crippen molar-refractivity contribution in [1.82, 2.24) is 0 Å². The summed E-state index contributed by atoms with van der Waals surface area (Å²) in [7, 11) is 0. The standard InChI is InChI=1S/C33H44O8Se2/c1-19-15-21(17-23(31(3,4)5)29(19)40-27(38)13-11-25(34)35)42-33(9,10)43-22-16-20(2)30(24(18-22)32(6,7)8)41-28(39)14-12-26(36)37/h15-18H,11-14H2,1-10H3,(H,34,35)(H,36,37). The molecule has 236 valence electrons. The predicted molar refractivity (Wildman–Crippen MR) is 170 cm³/mol. The molecule has 0 unspecified atom stereocenters. The topological polar surface area (TPSA) is 127 Å². The maximum absolute atomic E-state index is 12.4. The van der Waals surface area contributed by atoms with E-state index in [9.17, 15) is 19.2 Å². The van der Waals surface area contributed by atoms with Gasteiger partial charge in [0, 0.05) is 0 Å². The van der Waals surface area contributed by atoms with Gasteiger partial charge >= 0.3 is 269 Å². The summed E-state index contributed by atoms with van der Waals surface area (Å²) in [5.74, 6) is -2.18. The number of carboxylic acid groups (broad SMARTS) is 2. The second kappa shape index (κ2) is 14.4. The molecular formula is C33H44O8Se2. The zero-order valence-corrected chi connectivity index (χ0v) is 30.2. The van der Waals surface area contributed by atoms with E-state index in [1.54, 1.807) is 0 Å². The molecule has 0 atom stereocenters. The molecule has 0 amide bonds. The Bertz CT molecular complexity index is 1280. The summed E-state index contributed by atoms with van der Waals surface area (Å²) in [6, 6.07) is 8.38. The molecule has 0 saturated heterocycles. The number of carbonyl (C=O) groups is 4. The van der Waals surface area contributed by atoms with E-state index >= 15 is 0 Å². The number of benzene rings is 2. The first-order valence-corrected chi connectivity index (χ1v) is 17.5. The Balaban J connectivity index is 2.38. The second-order valence-corrected chi connectivity index (χ2v) is 21.5. The van der Waals surface area contributed by atoms with Crippen LogP contribution in [0.3, 0.4) is 0 Å². The van der Waals surface area contributed by atoms with Crippen molar-refractivity contribution in [2.75, 3.05) is 0 Å². The Labute approximate surface area is 267 Å². The van der Waals surface area contributed by atoms with Gasteiger partial charge in [-0.25, -0.2) is 0 Å². The van der Waals surface area contributed by atoms with Crippen LogP contribution in [0.5, 0.6) is 11.5 Å². The fraction of sp³-hybridized carbons (Fsp3) is 0.515. The van der Waals surface area contributed by atoms with Crippen LogP contribution in [0.4, 0.5) is 0 Å². The third-order valence-corrected chi connectivity index (χ3v) is 12.2. The fourth-order valence-corrected chi connectivity index (χ4v) is 11.1. The molecule has 10 heteroatoms. The van der Waals surface area contributed by atoms with E-state index < -0.39 is 23.9 Å². The SMILES string of the molecule is Cc1cc([Se]C(C)(C)[Se]c2cc(C)c(OC(=O)CCC(=O)O)c(C(C)(C)C)c2)cc(C(C)(C)C)c1OC(=O)CCC(=O)O. The first-order chi connectivity index (χ1) is 19.6. The summed E-state index contributed by atoms with van der Waals surface area (Å²) in [4.78, 5) is 46.6. The van der Waals surface area contributed by atoms with Crippen LogP contribution in [0.1, 0.15) is 103 Å². The van der Waals surface area contributed by atoms with Gasteiger partial charge in [-0.1, -0.05) is 0 Å². The van der Waals surface area contributed by atoms with E-state index in [1.165, 1.54) is 8.92 Å². The molecule has 2 aromatic rings. The average molecular weight is 727 g/mol. The number of aryl methyl sites for hydroxylation is 2. The molecule has 0 spiro atoms. The molecule has 0 aliphatic rings. The minimum atomic E-state index is -1.04. The first kappa shape index (κ1) is 36.6. The molecule has 0 bridgehead atoms. The van der Waals surface area contributed by atoms with Gasteiger partial charge in [0.2, 0.25) is 0 Å². The molecule has 0 radical (unpaired) electrons. The number of esters is 2. The van der Waals surface area contributed by atoms with Gasteiger partial charge in [-0.15, -0.1) is 0 Å². The molecule has 0 heterocycles. The van der Waals surface area contributed by atoms with E-state index in [1.807, 2.05) is 13.8 Å². The van der Waals surface area contributed by atoms with Crippen LogP contribution >= 0.6 is 0 Å². The Kier molecular flexibility index (Phi) is 12.3. The van der Waals surface area contributed by atoms with Crippen LogP contribution in [0.25, 0.3) is 0 Å². The Morgan fingerprint density at radius 1 is 0.605 bits per heavy atom. The van der Waals surface area contributed by atoms with Crippen molar-refractivity contribution < 1.29 is 38.9 Å². The number of aliphatic carboxylic acids is 2. The van der Waals surface area contributed by atoms with Crippen molar-refractivity contribution in [3.63, 3.8) is 0 Å². The Hall–Kier alpha value is -2.64. The summed E-state index contributed by atoms with van der Waals surface area (Å²) in [5.41, 5.74) is 2.91. The molecule has 0 fully saturated rings. The molecular weight excluding hydrogens is 682 g/mol. The Morgan fingerprint density at radius 3 is 1.21 bits per heavy atom. The van der Waals surface area contributed by atoms with Crippen LogP contribution in [-0.4, -0.2) is 64.0 Å². The van der Waals surface area contributed by atoms with Gasteiger partial charge in [0.05, 0.1) is 0 Å². The van der Waals surface area contributed by atoms with Crippen LogP contribution in [-0.2, 0) is 30.0 Å². The van der Waals surface area contributed by atoms with Crippen molar-refractivity contribution in [3.05, 3.63) is 46.5 Å². The average Bonchev–Trinajstić information content (AvgIpc) is 2.82. The van der Waals surface area contributed by atoms with Crippen LogP contribution < -0.4 is 18.4 Å². The third-order valence-electron chi connectivity index (χ3n) is 6.36. The molecule has 0 aliphatic heterocycles. The predicted octanol–water partition coefficient (Wildman–Crippen LogP) is 4.95. The summed E-state index contributed by atoms with van der Waals surface area (Å²) in [6.07, 6.45) is -0.915. The molecule has 8 nitrogen and oxygen atoms in total. The fourth-order valence-electron chi connectivity index (χ4n) is 4.32. The van der Waals surface area contributed by atoms with Crippen molar-refractivity contribution >= 4 is 62.7 Å². The zero-order valence-electron chi connectivity index (χ0n) is 26.8. The van der Waals surface area contributed by atoms with Gasteiger partial charge in [0.25, 0.3) is 0 Å². The number of carbonyl (C=O) groups excluding carboxylic acids is 2. The van der Waals surface area contributed by atoms with Crippen LogP contribution in [0.15, 0.2) is 24.3 Å². The van der Waals surface area contributed by atoms with E-state index in [-0.39, 0.29) is 69.6 Å². The second-order valence-electron chi connectivity index (χ2n) is 13.1. The number of carboxylic acids is 2. The number of rotatable bonds is 12. The number of ether oxygens (including phenoxy) is 2. The third kappa shape index (κ3) is 11.4. The zero-order chi connectivity index (χ0) is 32.9.